The number of aryl methyl sites for hydroxylation is 1. The van der Waals surface area contributed by atoms with Gasteiger partial charge < -0.3 is 15.0 Å². The lowest BCUT2D eigenvalue weighted by molar-refractivity contribution is -0.140. The number of rotatable bonds is 13. The van der Waals surface area contributed by atoms with E-state index in [2.05, 4.69) is 5.32 Å². The van der Waals surface area contributed by atoms with Crippen LogP contribution < -0.4 is 14.4 Å². The molecule has 3 aromatic rings. The molecule has 8 nitrogen and oxygen atoms in total. The quantitative estimate of drug-likeness (QED) is 0.322. The van der Waals surface area contributed by atoms with E-state index in [0.29, 0.717) is 24.4 Å². The number of sulfonamides is 1. The highest BCUT2D eigenvalue weighted by Gasteiger charge is 2.33. The molecule has 1 unspecified atom stereocenters. The van der Waals surface area contributed by atoms with E-state index < -0.39 is 28.5 Å². The topological polar surface area (TPSA) is 96.0 Å². The molecular weight excluding hydrogens is 526 g/mol. The molecular formula is C31H39N3O5S. The van der Waals surface area contributed by atoms with Crippen molar-refractivity contribution in [3.63, 3.8) is 0 Å². The zero-order chi connectivity index (χ0) is 29.3. The maximum absolute atomic E-state index is 14.1. The van der Waals surface area contributed by atoms with Crippen LogP contribution in [0.2, 0.25) is 0 Å². The monoisotopic (exact) mass is 565 g/mol. The summed E-state index contributed by atoms with van der Waals surface area (Å²) >= 11 is 0. The Morgan fingerprint density at radius 1 is 0.925 bits per heavy atom. The van der Waals surface area contributed by atoms with Gasteiger partial charge in [-0.2, -0.15) is 0 Å². The Bertz CT molecular complexity index is 1380. The predicted molar refractivity (Wildman–Crippen MR) is 158 cm³/mol. The first-order valence-electron chi connectivity index (χ1n) is 13.4. The third-order valence-electron chi connectivity index (χ3n) is 6.64. The minimum atomic E-state index is -4.11. The molecule has 9 heteroatoms. The van der Waals surface area contributed by atoms with Crippen molar-refractivity contribution in [1.82, 2.24) is 10.2 Å². The summed E-state index contributed by atoms with van der Waals surface area (Å²) in [5.74, 6) is 0.0508. The van der Waals surface area contributed by atoms with Crippen LogP contribution in [0.1, 0.15) is 38.3 Å². The molecule has 0 spiro atoms. The fourth-order valence-corrected chi connectivity index (χ4v) is 5.75. The number of hydrogen-bond donors (Lipinski definition) is 1. The van der Waals surface area contributed by atoms with Gasteiger partial charge in [-0.1, -0.05) is 63.2 Å². The second kappa shape index (κ2) is 14.0. The molecule has 214 valence electrons. The van der Waals surface area contributed by atoms with Crippen molar-refractivity contribution in [2.45, 2.75) is 51.6 Å². The summed E-state index contributed by atoms with van der Waals surface area (Å²) in [5.41, 5.74) is 2.17. The molecule has 0 aliphatic rings. The van der Waals surface area contributed by atoms with Crippen LogP contribution in [0.4, 0.5) is 5.69 Å². The molecule has 0 aliphatic carbocycles. The number of carbonyl (C=O) groups excluding carboxylic acids is 2. The maximum Gasteiger partial charge on any atom is 0.264 e. The summed E-state index contributed by atoms with van der Waals surface area (Å²) in [4.78, 5) is 29.0. The van der Waals surface area contributed by atoms with Crippen molar-refractivity contribution in [3.05, 3.63) is 90.0 Å². The molecule has 3 rings (SSSR count). The van der Waals surface area contributed by atoms with Gasteiger partial charge in [-0.25, -0.2) is 8.42 Å². The average molecular weight is 566 g/mol. The summed E-state index contributed by atoms with van der Waals surface area (Å²) in [7, 11) is -2.59. The number of benzene rings is 3. The van der Waals surface area contributed by atoms with Gasteiger partial charge in [-0.3, -0.25) is 13.9 Å². The number of methoxy groups -OCH3 is 1. The number of amides is 2. The Balaban J connectivity index is 2.05. The molecule has 0 aliphatic heterocycles. The maximum atomic E-state index is 14.1. The largest absolute Gasteiger partial charge is 0.497 e. The highest BCUT2D eigenvalue weighted by molar-refractivity contribution is 7.92. The van der Waals surface area contributed by atoms with Crippen LogP contribution in [-0.2, 0) is 26.2 Å². The van der Waals surface area contributed by atoms with Crippen molar-refractivity contribution in [2.24, 2.45) is 5.92 Å². The normalized spacial score (nSPS) is 12.1. The molecule has 0 fully saturated rings. The van der Waals surface area contributed by atoms with Gasteiger partial charge in [-0.05, 0) is 66.8 Å². The molecule has 3 aromatic carbocycles. The van der Waals surface area contributed by atoms with E-state index in [9.17, 15) is 18.0 Å². The molecule has 1 atom stereocenters. The van der Waals surface area contributed by atoms with Crippen molar-refractivity contribution < 1.29 is 22.7 Å². The molecule has 0 heterocycles. The molecule has 1 N–H and O–H groups in total. The van der Waals surface area contributed by atoms with Crippen LogP contribution in [0.3, 0.4) is 0 Å². The van der Waals surface area contributed by atoms with Gasteiger partial charge in [0.15, 0.2) is 0 Å². The van der Waals surface area contributed by atoms with Crippen molar-refractivity contribution >= 4 is 27.5 Å². The zero-order valence-corrected chi connectivity index (χ0v) is 24.6. The minimum Gasteiger partial charge on any atom is -0.497 e. The van der Waals surface area contributed by atoms with Crippen molar-refractivity contribution in [2.75, 3.05) is 24.5 Å². The Morgan fingerprint density at radius 3 is 2.12 bits per heavy atom. The van der Waals surface area contributed by atoms with Gasteiger partial charge in [-0.15, -0.1) is 0 Å². The second-order valence-corrected chi connectivity index (χ2v) is 11.9. The third kappa shape index (κ3) is 7.63. The SMILES string of the molecule is CCC(C(=O)NCC(C)C)N(Cc1ccccc1C)C(=O)CN(c1ccc(OC)cc1)S(=O)(=O)c1ccccc1. The van der Waals surface area contributed by atoms with E-state index in [0.717, 1.165) is 15.4 Å². The van der Waals surface area contributed by atoms with Crippen LogP contribution in [0.5, 0.6) is 5.75 Å². The van der Waals surface area contributed by atoms with Gasteiger partial charge in [0.05, 0.1) is 17.7 Å². The highest BCUT2D eigenvalue weighted by atomic mass is 32.2. The number of hydrogen-bond acceptors (Lipinski definition) is 5. The first kappa shape index (κ1) is 30.7. The summed E-state index contributed by atoms with van der Waals surface area (Å²) in [6, 6.07) is 21.4. The summed E-state index contributed by atoms with van der Waals surface area (Å²) in [6.45, 7) is 7.95. The van der Waals surface area contributed by atoms with Gasteiger partial charge in [0, 0.05) is 13.1 Å². The van der Waals surface area contributed by atoms with Crippen LogP contribution >= 0.6 is 0 Å². The lowest BCUT2D eigenvalue weighted by Crippen LogP contribution is -2.52. The number of anilines is 1. The fourth-order valence-electron chi connectivity index (χ4n) is 4.31. The number of ether oxygens (including phenoxy) is 1. The van der Waals surface area contributed by atoms with Crippen molar-refractivity contribution in [3.8, 4) is 5.75 Å². The van der Waals surface area contributed by atoms with Crippen LogP contribution in [0.25, 0.3) is 0 Å². The van der Waals surface area contributed by atoms with E-state index in [1.54, 1.807) is 42.5 Å². The van der Waals surface area contributed by atoms with E-state index in [1.165, 1.54) is 24.1 Å². The lowest BCUT2D eigenvalue weighted by atomic mass is 10.1. The molecule has 40 heavy (non-hydrogen) atoms. The Kier molecular flexibility index (Phi) is 10.7. The average Bonchev–Trinajstić information content (AvgIpc) is 2.96. The van der Waals surface area contributed by atoms with Crippen molar-refractivity contribution in [1.29, 1.82) is 0 Å². The van der Waals surface area contributed by atoms with Gasteiger partial charge in [0.25, 0.3) is 10.0 Å². The molecule has 0 aromatic heterocycles. The molecule has 0 saturated carbocycles. The minimum absolute atomic E-state index is 0.0609. The second-order valence-electron chi connectivity index (χ2n) is 10.0. The van der Waals surface area contributed by atoms with E-state index in [-0.39, 0.29) is 23.3 Å². The zero-order valence-electron chi connectivity index (χ0n) is 23.8. The van der Waals surface area contributed by atoms with Gasteiger partial charge in [0.1, 0.15) is 18.3 Å². The Hall–Kier alpha value is -3.85. The standard InChI is InChI=1S/C31H39N3O5S/c1-6-29(31(36)32-20-23(2)3)33(21-25-13-11-10-12-24(25)4)30(35)22-34(26-16-18-27(39-5)19-17-26)40(37,38)28-14-8-7-9-15-28/h7-19,23,29H,6,20-22H2,1-5H3,(H,32,36). The van der Waals surface area contributed by atoms with E-state index in [4.69, 9.17) is 4.74 Å². The smallest absolute Gasteiger partial charge is 0.264 e. The number of nitrogens with zero attached hydrogens (tertiary/aromatic N) is 2. The molecule has 0 bridgehead atoms. The predicted octanol–water partition coefficient (Wildman–Crippen LogP) is 4.78. The number of carbonyl (C=O) groups is 2. The van der Waals surface area contributed by atoms with Crippen LogP contribution in [0.15, 0.2) is 83.8 Å². The fraction of sp³-hybridized carbons (Fsp3) is 0.355. The van der Waals surface area contributed by atoms with Gasteiger partial charge >= 0.3 is 0 Å². The van der Waals surface area contributed by atoms with Crippen LogP contribution in [-0.4, -0.2) is 51.4 Å². The molecule has 0 saturated heterocycles. The first-order valence-corrected chi connectivity index (χ1v) is 14.9. The van der Waals surface area contributed by atoms with E-state index >= 15 is 0 Å². The summed E-state index contributed by atoms with van der Waals surface area (Å²) in [5, 5.41) is 2.94. The number of nitrogens with one attached hydrogen (secondary N) is 1. The van der Waals surface area contributed by atoms with Crippen LogP contribution in [0, 0.1) is 12.8 Å². The highest BCUT2D eigenvalue weighted by Crippen LogP contribution is 2.27. The van der Waals surface area contributed by atoms with E-state index in [1.807, 2.05) is 52.0 Å². The lowest BCUT2D eigenvalue weighted by Gasteiger charge is -2.33. The van der Waals surface area contributed by atoms with Gasteiger partial charge in [0.2, 0.25) is 11.8 Å². The summed E-state index contributed by atoms with van der Waals surface area (Å²) in [6.07, 6.45) is 0.371. The summed E-state index contributed by atoms with van der Waals surface area (Å²) < 4.78 is 34.0. The Morgan fingerprint density at radius 2 is 1.55 bits per heavy atom. The third-order valence-corrected chi connectivity index (χ3v) is 8.43. The Labute approximate surface area is 238 Å². The molecule has 0 radical (unpaired) electrons. The first-order chi connectivity index (χ1) is 19.1. The molecule has 2 amide bonds.